The second kappa shape index (κ2) is 9.58. The number of nitro benzene ring substituents is 1. The van der Waals surface area contributed by atoms with Crippen LogP contribution in [0.2, 0.25) is 0 Å². The smallest absolute Gasteiger partial charge is 0.343 e. The van der Waals surface area contributed by atoms with Crippen LogP contribution in [0.5, 0.6) is 5.75 Å². The predicted molar refractivity (Wildman–Crippen MR) is 111 cm³/mol. The number of nitrogens with zero attached hydrogens (tertiary/aromatic N) is 3. The van der Waals surface area contributed by atoms with Crippen molar-refractivity contribution in [1.29, 1.82) is 5.26 Å². The Balaban J connectivity index is 1.68. The van der Waals surface area contributed by atoms with Crippen molar-refractivity contribution in [2.24, 2.45) is 5.10 Å². The van der Waals surface area contributed by atoms with Crippen LogP contribution in [0.3, 0.4) is 0 Å². The molecule has 152 valence electrons. The number of carbonyl (C=O) groups is 2. The van der Waals surface area contributed by atoms with Gasteiger partial charge < -0.3 is 4.74 Å². The summed E-state index contributed by atoms with van der Waals surface area (Å²) < 4.78 is 5.36. The van der Waals surface area contributed by atoms with Crippen molar-refractivity contribution in [3.05, 3.63) is 105 Å². The largest absolute Gasteiger partial charge is 0.422 e. The van der Waals surface area contributed by atoms with Gasteiger partial charge in [0.2, 0.25) is 0 Å². The molecule has 9 nitrogen and oxygen atoms in total. The SMILES string of the molecule is N#Cc1ccc(C(=O)NN=Cc2ccccc2OC(=O)c2ccc([N+](=O)[O-])cc2)cc1. The third kappa shape index (κ3) is 5.36. The van der Waals surface area contributed by atoms with Crippen molar-refractivity contribution < 1.29 is 19.2 Å². The number of carbonyl (C=O) groups excluding carboxylic acids is 2. The summed E-state index contributed by atoms with van der Waals surface area (Å²) >= 11 is 0. The van der Waals surface area contributed by atoms with Crippen LogP contribution in [-0.2, 0) is 0 Å². The number of amides is 1. The lowest BCUT2D eigenvalue weighted by molar-refractivity contribution is -0.384. The summed E-state index contributed by atoms with van der Waals surface area (Å²) in [6, 6.07) is 19.6. The molecule has 3 aromatic carbocycles. The molecule has 0 radical (unpaired) electrons. The normalized spacial score (nSPS) is 10.3. The molecule has 0 atom stereocenters. The van der Waals surface area contributed by atoms with Crippen LogP contribution in [0, 0.1) is 21.4 Å². The first-order valence-corrected chi connectivity index (χ1v) is 8.87. The van der Waals surface area contributed by atoms with Crippen molar-refractivity contribution in [2.45, 2.75) is 0 Å². The molecule has 0 aliphatic heterocycles. The molecule has 1 amide bonds. The lowest BCUT2D eigenvalue weighted by Gasteiger charge is -2.07. The zero-order valence-corrected chi connectivity index (χ0v) is 15.9. The van der Waals surface area contributed by atoms with Gasteiger partial charge in [-0.3, -0.25) is 14.9 Å². The standard InChI is InChI=1S/C22H14N4O5/c23-13-15-5-7-16(8-6-15)21(27)25-24-14-18-3-1-2-4-20(18)31-22(28)17-9-11-19(12-10-17)26(29)30/h1-12,14H,(H,25,27). The summed E-state index contributed by atoms with van der Waals surface area (Å²) in [4.78, 5) is 34.6. The van der Waals surface area contributed by atoms with E-state index in [9.17, 15) is 19.7 Å². The first-order valence-electron chi connectivity index (χ1n) is 8.87. The number of hydrogen-bond acceptors (Lipinski definition) is 7. The van der Waals surface area contributed by atoms with Gasteiger partial charge in [-0.1, -0.05) is 12.1 Å². The molecular formula is C22H14N4O5. The first kappa shape index (κ1) is 20.9. The molecule has 0 fully saturated rings. The number of nitro groups is 1. The Morgan fingerprint density at radius 3 is 2.29 bits per heavy atom. The van der Waals surface area contributed by atoms with E-state index in [-0.39, 0.29) is 17.0 Å². The van der Waals surface area contributed by atoms with Crippen LogP contribution >= 0.6 is 0 Å². The van der Waals surface area contributed by atoms with Crippen molar-refractivity contribution in [2.75, 3.05) is 0 Å². The van der Waals surface area contributed by atoms with E-state index in [1.165, 1.54) is 54.7 Å². The number of non-ortho nitro benzene ring substituents is 1. The summed E-state index contributed by atoms with van der Waals surface area (Å²) in [5.41, 5.74) is 3.56. The monoisotopic (exact) mass is 414 g/mol. The highest BCUT2D eigenvalue weighted by molar-refractivity contribution is 5.96. The summed E-state index contributed by atoms with van der Waals surface area (Å²) in [6.45, 7) is 0. The highest BCUT2D eigenvalue weighted by atomic mass is 16.6. The second-order valence-corrected chi connectivity index (χ2v) is 6.12. The minimum absolute atomic E-state index is 0.137. The van der Waals surface area contributed by atoms with E-state index in [1.807, 2.05) is 6.07 Å². The van der Waals surface area contributed by atoms with Gasteiger partial charge >= 0.3 is 5.97 Å². The number of para-hydroxylation sites is 1. The fourth-order valence-corrected chi connectivity index (χ4v) is 2.48. The molecule has 3 aromatic rings. The maximum atomic E-state index is 12.3. The van der Waals surface area contributed by atoms with Gasteiger partial charge in [0.05, 0.1) is 28.3 Å². The zero-order valence-electron chi connectivity index (χ0n) is 15.9. The molecule has 0 aliphatic rings. The minimum atomic E-state index is -0.697. The fourth-order valence-electron chi connectivity index (χ4n) is 2.48. The number of ether oxygens (including phenoxy) is 1. The zero-order chi connectivity index (χ0) is 22.2. The van der Waals surface area contributed by atoms with E-state index < -0.39 is 16.8 Å². The molecule has 0 heterocycles. The van der Waals surface area contributed by atoms with Gasteiger partial charge in [0.15, 0.2) is 0 Å². The number of hydrogen-bond donors (Lipinski definition) is 1. The summed E-state index contributed by atoms with van der Waals surface area (Å²) in [5.74, 6) is -0.972. The summed E-state index contributed by atoms with van der Waals surface area (Å²) in [6.07, 6.45) is 1.32. The number of nitriles is 1. The Hall–Kier alpha value is -4.84. The van der Waals surface area contributed by atoms with Gasteiger partial charge in [0.25, 0.3) is 11.6 Å². The van der Waals surface area contributed by atoms with Gasteiger partial charge in [0.1, 0.15) is 5.75 Å². The van der Waals surface area contributed by atoms with E-state index in [1.54, 1.807) is 24.3 Å². The summed E-state index contributed by atoms with van der Waals surface area (Å²) in [7, 11) is 0. The molecule has 0 saturated heterocycles. The van der Waals surface area contributed by atoms with Gasteiger partial charge in [-0.15, -0.1) is 0 Å². The second-order valence-electron chi connectivity index (χ2n) is 6.12. The third-order valence-corrected chi connectivity index (χ3v) is 4.08. The topological polar surface area (TPSA) is 135 Å². The van der Waals surface area contributed by atoms with Gasteiger partial charge in [-0.05, 0) is 48.5 Å². The quantitative estimate of drug-likeness (QED) is 0.216. The van der Waals surface area contributed by atoms with E-state index in [0.29, 0.717) is 16.7 Å². The Morgan fingerprint density at radius 2 is 1.65 bits per heavy atom. The highest BCUT2D eigenvalue weighted by Crippen LogP contribution is 2.19. The molecule has 3 rings (SSSR count). The lowest BCUT2D eigenvalue weighted by Crippen LogP contribution is -2.17. The van der Waals surface area contributed by atoms with Crippen molar-refractivity contribution in [3.63, 3.8) is 0 Å². The highest BCUT2D eigenvalue weighted by Gasteiger charge is 2.13. The van der Waals surface area contributed by atoms with E-state index in [4.69, 9.17) is 10.00 Å². The Kier molecular flexibility index (Phi) is 6.45. The predicted octanol–water partition coefficient (Wildman–Crippen LogP) is 3.45. The van der Waals surface area contributed by atoms with E-state index in [0.717, 1.165) is 0 Å². The molecule has 1 N–H and O–H groups in total. The van der Waals surface area contributed by atoms with Gasteiger partial charge in [-0.25, -0.2) is 10.2 Å². The lowest BCUT2D eigenvalue weighted by atomic mass is 10.1. The van der Waals surface area contributed by atoms with Gasteiger partial charge in [0, 0.05) is 23.3 Å². The third-order valence-electron chi connectivity index (χ3n) is 4.08. The Morgan fingerprint density at radius 1 is 1.00 bits per heavy atom. The first-order chi connectivity index (χ1) is 15.0. The molecule has 0 spiro atoms. The molecule has 9 heteroatoms. The summed E-state index contributed by atoms with van der Waals surface area (Å²) in [5, 5.41) is 23.4. The molecule has 31 heavy (non-hydrogen) atoms. The minimum Gasteiger partial charge on any atom is -0.422 e. The number of benzene rings is 3. The van der Waals surface area contributed by atoms with Crippen LogP contribution in [-0.4, -0.2) is 23.0 Å². The maximum Gasteiger partial charge on any atom is 0.343 e. The Labute approximate surface area is 176 Å². The molecule has 0 saturated carbocycles. The van der Waals surface area contributed by atoms with Crippen LogP contribution in [0.4, 0.5) is 5.69 Å². The molecule has 0 aliphatic carbocycles. The van der Waals surface area contributed by atoms with E-state index in [2.05, 4.69) is 10.5 Å². The van der Waals surface area contributed by atoms with Crippen molar-refractivity contribution in [1.82, 2.24) is 5.43 Å². The van der Waals surface area contributed by atoms with E-state index >= 15 is 0 Å². The molecular weight excluding hydrogens is 400 g/mol. The van der Waals surface area contributed by atoms with Crippen LogP contribution in [0.25, 0.3) is 0 Å². The van der Waals surface area contributed by atoms with Crippen LogP contribution in [0.1, 0.15) is 31.8 Å². The molecule has 0 bridgehead atoms. The number of esters is 1. The Bertz CT molecular complexity index is 1200. The van der Waals surface area contributed by atoms with Crippen LogP contribution < -0.4 is 10.2 Å². The fraction of sp³-hybridized carbons (Fsp3) is 0. The van der Waals surface area contributed by atoms with Crippen molar-refractivity contribution in [3.8, 4) is 11.8 Å². The van der Waals surface area contributed by atoms with Gasteiger partial charge in [-0.2, -0.15) is 10.4 Å². The average Bonchev–Trinajstić information content (AvgIpc) is 2.80. The maximum absolute atomic E-state index is 12.3. The van der Waals surface area contributed by atoms with Crippen molar-refractivity contribution >= 4 is 23.8 Å². The molecule has 0 aromatic heterocycles. The number of rotatable bonds is 6. The van der Waals surface area contributed by atoms with Crippen LogP contribution in [0.15, 0.2) is 77.9 Å². The average molecular weight is 414 g/mol. The number of hydrazone groups is 1. The molecule has 0 unspecified atom stereocenters. The number of nitrogens with one attached hydrogen (secondary N) is 1.